The molecule has 6 rings (SSSR count). The Morgan fingerprint density at radius 3 is 0.948 bits per heavy atom. The Balaban J connectivity index is 0.898. The summed E-state index contributed by atoms with van der Waals surface area (Å²) in [5.41, 5.74) is 3.59. The molecule has 306 valence electrons. The van der Waals surface area contributed by atoms with Gasteiger partial charge in [0.2, 0.25) is 0 Å². The minimum absolute atomic E-state index is 0.326. The molecule has 4 aromatic carbocycles. The van der Waals surface area contributed by atoms with E-state index >= 15 is 0 Å². The third-order valence-electron chi connectivity index (χ3n) is 10.0. The van der Waals surface area contributed by atoms with Crippen LogP contribution in [0.5, 0.6) is 11.5 Å². The standard InChI is InChI=1S/C48H58N4O4Se2/c1-3-5-7-9-11-13-15-17-35-53-41-27-19-37(20-28-41)45-49-51-47(55-45)39-23-31-43(32-24-39)57-58-44-33-25-40(26-34-44)48-52-50-46(56-48)38-21-29-42(30-22-38)54-36-18-16-14-12-10-8-6-4-2/h19-34H,3-18,35-36H2,1-2H3. The first-order valence-electron chi connectivity index (χ1n) is 21.4. The Bertz CT molecular complexity index is 1870. The number of hydrogen-bond donors (Lipinski definition) is 0. The van der Waals surface area contributed by atoms with E-state index < -0.39 is 0 Å². The van der Waals surface area contributed by atoms with E-state index in [1.807, 2.05) is 48.5 Å². The Morgan fingerprint density at radius 1 is 0.362 bits per heavy atom. The van der Waals surface area contributed by atoms with E-state index in [0.717, 1.165) is 59.8 Å². The number of ether oxygens (including phenoxy) is 2. The Hall–Kier alpha value is -4.20. The molecule has 0 unspecified atom stereocenters. The van der Waals surface area contributed by atoms with Crippen LogP contribution < -0.4 is 18.4 Å². The van der Waals surface area contributed by atoms with E-state index in [1.165, 1.54) is 98.8 Å². The van der Waals surface area contributed by atoms with Crippen LogP contribution in [0, 0.1) is 0 Å². The van der Waals surface area contributed by atoms with Gasteiger partial charge in [0.1, 0.15) is 0 Å². The predicted molar refractivity (Wildman–Crippen MR) is 237 cm³/mol. The number of benzene rings is 4. The average molecular weight is 913 g/mol. The van der Waals surface area contributed by atoms with Gasteiger partial charge in [-0.15, -0.1) is 0 Å². The van der Waals surface area contributed by atoms with Gasteiger partial charge < -0.3 is 0 Å². The van der Waals surface area contributed by atoms with Crippen molar-refractivity contribution in [1.29, 1.82) is 0 Å². The second kappa shape index (κ2) is 24.7. The van der Waals surface area contributed by atoms with Crippen molar-refractivity contribution in [2.24, 2.45) is 0 Å². The van der Waals surface area contributed by atoms with Crippen LogP contribution in [-0.2, 0) is 0 Å². The molecule has 8 nitrogen and oxygen atoms in total. The molecule has 0 bridgehead atoms. The van der Waals surface area contributed by atoms with E-state index in [0.29, 0.717) is 49.8 Å². The molecule has 0 aliphatic rings. The summed E-state index contributed by atoms with van der Waals surface area (Å²) in [6, 6.07) is 32.8. The van der Waals surface area contributed by atoms with Gasteiger partial charge in [0, 0.05) is 0 Å². The zero-order valence-electron chi connectivity index (χ0n) is 34.2. The Kier molecular flexibility index (Phi) is 18.4. The van der Waals surface area contributed by atoms with Gasteiger partial charge in [-0.1, -0.05) is 104 Å². The quantitative estimate of drug-likeness (QED) is 0.0372. The summed E-state index contributed by atoms with van der Waals surface area (Å²) in [7, 11) is 0. The second-order valence-electron chi connectivity index (χ2n) is 14.7. The third-order valence-corrected chi connectivity index (χ3v) is 17.3. The monoisotopic (exact) mass is 914 g/mol. The van der Waals surface area contributed by atoms with Crippen LogP contribution in [0.25, 0.3) is 45.8 Å². The van der Waals surface area contributed by atoms with Gasteiger partial charge in [0.25, 0.3) is 0 Å². The van der Waals surface area contributed by atoms with Gasteiger partial charge in [0.15, 0.2) is 0 Å². The first-order chi connectivity index (χ1) is 28.7. The van der Waals surface area contributed by atoms with E-state index in [1.54, 1.807) is 0 Å². The maximum atomic E-state index is 6.06. The molecule has 0 aliphatic heterocycles. The van der Waals surface area contributed by atoms with Gasteiger partial charge in [0.05, 0.1) is 13.2 Å². The van der Waals surface area contributed by atoms with Crippen LogP contribution in [0.2, 0.25) is 0 Å². The van der Waals surface area contributed by atoms with Crippen LogP contribution >= 0.6 is 0 Å². The van der Waals surface area contributed by atoms with Crippen molar-refractivity contribution in [3.8, 4) is 57.3 Å². The first kappa shape index (κ1) is 43.4. The molecule has 0 saturated heterocycles. The molecule has 10 heteroatoms. The summed E-state index contributed by atoms with van der Waals surface area (Å²) >= 11 is 0.652. The van der Waals surface area contributed by atoms with Gasteiger partial charge in [-0.2, -0.15) is 0 Å². The normalized spacial score (nSPS) is 11.3. The molecular formula is C48H58N4O4Se2. The minimum atomic E-state index is 0.326. The molecule has 0 atom stereocenters. The molecule has 6 aromatic rings. The van der Waals surface area contributed by atoms with Crippen molar-refractivity contribution < 1.29 is 18.3 Å². The molecule has 0 saturated carbocycles. The van der Waals surface area contributed by atoms with Gasteiger partial charge >= 0.3 is 228 Å². The molecule has 2 aromatic heterocycles. The van der Waals surface area contributed by atoms with Crippen molar-refractivity contribution in [2.45, 2.75) is 117 Å². The second-order valence-corrected chi connectivity index (χ2v) is 21.0. The number of unbranched alkanes of at least 4 members (excludes halogenated alkanes) is 14. The van der Waals surface area contributed by atoms with Crippen LogP contribution in [0.1, 0.15) is 117 Å². The van der Waals surface area contributed by atoms with Crippen molar-refractivity contribution in [3.05, 3.63) is 97.1 Å². The summed E-state index contributed by atoms with van der Waals surface area (Å²) < 4.78 is 26.7. The van der Waals surface area contributed by atoms with Crippen molar-refractivity contribution in [2.75, 3.05) is 13.2 Å². The molecule has 0 N–H and O–H groups in total. The Morgan fingerprint density at radius 2 is 0.638 bits per heavy atom. The van der Waals surface area contributed by atoms with E-state index in [4.69, 9.17) is 18.3 Å². The number of nitrogens with zero attached hydrogens (tertiary/aromatic N) is 4. The summed E-state index contributed by atoms with van der Waals surface area (Å²) in [6.45, 7) is 6.02. The molecule has 0 fully saturated rings. The molecule has 58 heavy (non-hydrogen) atoms. The fraction of sp³-hybridized carbons (Fsp3) is 0.417. The SMILES string of the molecule is CCCCCCCCCCOc1ccc(-c2nnc(-c3ccc([Se][Se]c4ccc(-c5nnc(-c6ccc(OCCCCCCCCCC)cc6)o5)cc4)cc3)o2)cc1. The molecule has 0 amide bonds. The molecule has 2 heterocycles. The number of rotatable bonds is 27. The first-order valence-corrected chi connectivity index (χ1v) is 27.4. The van der Waals surface area contributed by atoms with E-state index in [9.17, 15) is 0 Å². The van der Waals surface area contributed by atoms with Crippen LogP contribution in [0.3, 0.4) is 0 Å². The summed E-state index contributed by atoms with van der Waals surface area (Å²) in [5.74, 6) is 3.79. The van der Waals surface area contributed by atoms with E-state index in [2.05, 4.69) is 82.8 Å². The van der Waals surface area contributed by atoms with Crippen LogP contribution in [0.4, 0.5) is 0 Å². The van der Waals surface area contributed by atoms with Gasteiger partial charge in [-0.05, 0) is 12.8 Å². The maximum absolute atomic E-state index is 6.06. The zero-order chi connectivity index (χ0) is 40.0. The summed E-state index contributed by atoms with van der Waals surface area (Å²) in [6.07, 6.45) is 20.7. The molecule has 0 aliphatic carbocycles. The fourth-order valence-corrected chi connectivity index (χ4v) is 12.5. The predicted octanol–water partition coefficient (Wildman–Crippen LogP) is 11.4. The van der Waals surface area contributed by atoms with Gasteiger partial charge in [-0.25, -0.2) is 0 Å². The topological polar surface area (TPSA) is 96.3 Å². The van der Waals surface area contributed by atoms with E-state index in [-0.39, 0.29) is 0 Å². The van der Waals surface area contributed by atoms with Crippen LogP contribution in [0.15, 0.2) is 106 Å². The fourth-order valence-electron chi connectivity index (χ4n) is 6.55. The van der Waals surface area contributed by atoms with Crippen molar-refractivity contribution in [1.82, 2.24) is 20.4 Å². The Labute approximate surface area is 356 Å². The van der Waals surface area contributed by atoms with Crippen molar-refractivity contribution in [3.63, 3.8) is 0 Å². The summed E-state index contributed by atoms with van der Waals surface area (Å²) in [4.78, 5) is 0. The number of aromatic nitrogens is 4. The van der Waals surface area contributed by atoms with Crippen LogP contribution in [-0.4, -0.2) is 59.9 Å². The van der Waals surface area contributed by atoms with Gasteiger partial charge in [-0.3, -0.25) is 0 Å². The molecule has 0 radical (unpaired) electrons. The summed E-state index contributed by atoms with van der Waals surface area (Å²) in [5, 5.41) is 17.3. The third kappa shape index (κ3) is 14.3. The number of hydrogen-bond acceptors (Lipinski definition) is 8. The molecule has 0 spiro atoms. The van der Waals surface area contributed by atoms with Crippen molar-refractivity contribution >= 4 is 35.2 Å². The molecular weight excluding hydrogens is 854 g/mol. The zero-order valence-corrected chi connectivity index (χ0v) is 37.6. The average Bonchev–Trinajstić information content (AvgIpc) is 3.97.